The van der Waals surface area contributed by atoms with Crippen molar-refractivity contribution in [3.63, 3.8) is 0 Å². The number of hydrogen-bond donors (Lipinski definition) is 0. The molecule has 0 bridgehead atoms. The normalized spacial score (nSPS) is 18.3. The molecule has 2 aliphatic rings. The maximum Gasteiger partial charge on any atom is 0.141 e. The molecule has 164 valence electrons. The summed E-state index contributed by atoms with van der Waals surface area (Å²) in [5.41, 5.74) is 1.89. The summed E-state index contributed by atoms with van der Waals surface area (Å²) in [6, 6.07) is 6.78. The first-order valence-corrected chi connectivity index (χ1v) is 12.2. The van der Waals surface area contributed by atoms with Crippen molar-refractivity contribution in [3.05, 3.63) is 41.8 Å². The van der Waals surface area contributed by atoms with Gasteiger partial charge in [0, 0.05) is 37.2 Å². The van der Waals surface area contributed by atoms with Crippen molar-refractivity contribution in [2.45, 2.75) is 25.7 Å². The van der Waals surface area contributed by atoms with E-state index in [4.69, 9.17) is 4.74 Å². The Labute approximate surface area is 186 Å². The third kappa shape index (κ3) is 4.73. The Bertz CT molecular complexity index is 1010. The van der Waals surface area contributed by atoms with E-state index in [0.29, 0.717) is 5.92 Å². The number of fused-ring (bicyclic) bond motifs is 1. The zero-order valence-corrected chi connectivity index (χ0v) is 18.6. The van der Waals surface area contributed by atoms with Gasteiger partial charge in [-0.3, -0.25) is 0 Å². The van der Waals surface area contributed by atoms with Crippen LogP contribution >= 0.6 is 11.3 Å². The topological polar surface area (TPSA) is 41.5 Å². The molecule has 0 unspecified atom stereocenters. The van der Waals surface area contributed by atoms with E-state index in [1.165, 1.54) is 32.0 Å². The van der Waals surface area contributed by atoms with Gasteiger partial charge in [-0.15, -0.1) is 11.3 Å². The molecule has 5 nitrogen and oxygen atoms in total. The maximum absolute atomic E-state index is 13.8. The van der Waals surface area contributed by atoms with Gasteiger partial charge >= 0.3 is 0 Å². The van der Waals surface area contributed by atoms with Crippen LogP contribution in [0.25, 0.3) is 21.3 Å². The number of aromatic nitrogens is 2. The Kier molecular flexibility index (Phi) is 6.43. The summed E-state index contributed by atoms with van der Waals surface area (Å²) in [5.74, 6) is 1.36. The summed E-state index contributed by atoms with van der Waals surface area (Å²) >= 11 is 1.59. The lowest BCUT2D eigenvalue weighted by molar-refractivity contribution is 0.0753. The smallest absolute Gasteiger partial charge is 0.141 e. The Morgan fingerprint density at radius 3 is 2.74 bits per heavy atom. The van der Waals surface area contributed by atoms with Crippen molar-refractivity contribution < 1.29 is 9.13 Å². The zero-order valence-electron chi connectivity index (χ0n) is 17.8. The van der Waals surface area contributed by atoms with Gasteiger partial charge in [-0.05, 0) is 62.4 Å². The molecule has 31 heavy (non-hydrogen) atoms. The minimum Gasteiger partial charge on any atom is -0.380 e. The van der Waals surface area contributed by atoms with E-state index in [9.17, 15) is 4.39 Å². The van der Waals surface area contributed by atoms with Gasteiger partial charge in [0.05, 0.1) is 12.0 Å². The molecule has 3 aromatic rings. The molecule has 2 saturated heterocycles. The third-order valence-corrected chi connectivity index (χ3v) is 7.39. The Morgan fingerprint density at radius 2 is 1.94 bits per heavy atom. The number of rotatable bonds is 7. The lowest BCUT2D eigenvalue weighted by atomic mass is 9.97. The van der Waals surface area contributed by atoms with Crippen LogP contribution in [0.4, 0.5) is 10.2 Å². The number of ether oxygens (including phenoxy) is 1. The van der Waals surface area contributed by atoms with Crippen LogP contribution in [-0.2, 0) is 4.74 Å². The summed E-state index contributed by atoms with van der Waals surface area (Å²) in [7, 11) is 0. The molecule has 0 spiro atoms. The Balaban J connectivity index is 1.23. The minimum atomic E-state index is -0.221. The highest BCUT2D eigenvalue weighted by Crippen LogP contribution is 2.39. The van der Waals surface area contributed by atoms with Gasteiger partial charge in [-0.2, -0.15) is 0 Å². The average Bonchev–Trinajstić information content (AvgIpc) is 3.47. The van der Waals surface area contributed by atoms with E-state index in [1.54, 1.807) is 29.8 Å². The quantitative estimate of drug-likeness (QED) is 0.493. The van der Waals surface area contributed by atoms with E-state index >= 15 is 0 Å². The Hall–Kier alpha value is -2.09. The lowest BCUT2D eigenvalue weighted by Crippen LogP contribution is -2.36. The second-order valence-corrected chi connectivity index (χ2v) is 9.45. The molecule has 2 aliphatic heterocycles. The minimum absolute atomic E-state index is 0.221. The standard InChI is InChI=1S/C24H29FN4OS/c25-20-5-3-4-19(14-20)21-16-31-24-22(21)23(26-17-27-24)29-10-6-18(7-11-29)15-30-13-12-28-8-1-2-9-28/h3-5,14,16-18H,1-2,6-13,15H2. The highest BCUT2D eigenvalue weighted by molar-refractivity contribution is 7.17. The van der Waals surface area contributed by atoms with E-state index in [1.807, 2.05) is 6.07 Å². The second-order valence-electron chi connectivity index (χ2n) is 8.59. The fourth-order valence-corrected chi connectivity index (χ4v) is 5.64. The van der Waals surface area contributed by atoms with Gasteiger partial charge in [-0.25, -0.2) is 14.4 Å². The van der Waals surface area contributed by atoms with E-state index in [0.717, 1.165) is 72.9 Å². The highest BCUT2D eigenvalue weighted by Gasteiger charge is 2.24. The molecule has 0 amide bonds. The van der Waals surface area contributed by atoms with Gasteiger partial charge in [0.2, 0.25) is 0 Å². The fourth-order valence-electron chi connectivity index (χ4n) is 4.73. The number of benzene rings is 1. The van der Waals surface area contributed by atoms with Crippen molar-refractivity contribution in [2.75, 3.05) is 50.8 Å². The van der Waals surface area contributed by atoms with Crippen molar-refractivity contribution in [3.8, 4) is 11.1 Å². The van der Waals surface area contributed by atoms with Crippen LogP contribution in [-0.4, -0.2) is 60.8 Å². The molecular formula is C24H29FN4OS. The maximum atomic E-state index is 13.8. The van der Waals surface area contributed by atoms with Crippen molar-refractivity contribution >= 4 is 27.4 Å². The van der Waals surface area contributed by atoms with Crippen LogP contribution in [0.5, 0.6) is 0 Å². The molecule has 0 aliphatic carbocycles. The van der Waals surface area contributed by atoms with Crippen LogP contribution in [0, 0.1) is 11.7 Å². The number of thiophene rings is 1. The predicted octanol–water partition coefficient (Wildman–Crippen LogP) is 4.83. The van der Waals surface area contributed by atoms with Crippen LogP contribution in [0.15, 0.2) is 36.0 Å². The summed E-state index contributed by atoms with van der Waals surface area (Å²) in [5, 5.41) is 3.11. The molecule has 0 atom stereocenters. The average molecular weight is 441 g/mol. The van der Waals surface area contributed by atoms with Crippen LogP contribution in [0.3, 0.4) is 0 Å². The SMILES string of the molecule is Fc1cccc(-c2csc3ncnc(N4CCC(COCCN5CCCC5)CC4)c23)c1. The fraction of sp³-hybridized carbons (Fsp3) is 0.500. The summed E-state index contributed by atoms with van der Waals surface area (Å²) in [6.45, 7) is 7.16. The van der Waals surface area contributed by atoms with Gasteiger partial charge in [0.15, 0.2) is 0 Å². The van der Waals surface area contributed by atoms with Gasteiger partial charge in [0.25, 0.3) is 0 Å². The summed E-state index contributed by atoms with van der Waals surface area (Å²) < 4.78 is 19.8. The first-order chi connectivity index (χ1) is 15.3. The number of halogens is 1. The third-order valence-electron chi connectivity index (χ3n) is 6.50. The molecule has 2 aromatic heterocycles. The van der Waals surface area contributed by atoms with Crippen molar-refractivity contribution in [2.24, 2.45) is 5.92 Å². The molecule has 1 aromatic carbocycles. The lowest BCUT2D eigenvalue weighted by Gasteiger charge is -2.33. The van der Waals surface area contributed by atoms with Crippen molar-refractivity contribution in [1.29, 1.82) is 0 Å². The zero-order chi connectivity index (χ0) is 21.0. The first kappa shape index (κ1) is 20.8. The molecule has 0 radical (unpaired) electrons. The van der Waals surface area contributed by atoms with Crippen molar-refractivity contribution in [1.82, 2.24) is 14.9 Å². The van der Waals surface area contributed by atoms with Crippen LogP contribution in [0.1, 0.15) is 25.7 Å². The number of piperidine rings is 1. The first-order valence-electron chi connectivity index (χ1n) is 11.3. The number of anilines is 1. The number of nitrogens with zero attached hydrogens (tertiary/aromatic N) is 4. The molecule has 0 saturated carbocycles. The van der Waals surface area contributed by atoms with Gasteiger partial charge in [-0.1, -0.05) is 12.1 Å². The van der Waals surface area contributed by atoms with Crippen LogP contribution < -0.4 is 4.90 Å². The van der Waals surface area contributed by atoms with E-state index in [2.05, 4.69) is 25.1 Å². The van der Waals surface area contributed by atoms with Gasteiger partial charge < -0.3 is 14.5 Å². The summed E-state index contributed by atoms with van der Waals surface area (Å²) in [6.07, 6.45) is 6.53. The molecule has 7 heteroatoms. The molecular weight excluding hydrogens is 411 g/mol. The molecule has 4 heterocycles. The summed E-state index contributed by atoms with van der Waals surface area (Å²) in [4.78, 5) is 14.9. The molecule has 2 fully saturated rings. The largest absolute Gasteiger partial charge is 0.380 e. The highest BCUT2D eigenvalue weighted by atomic mass is 32.1. The van der Waals surface area contributed by atoms with Gasteiger partial charge in [0.1, 0.15) is 22.8 Å². The number of hydrogen-bond acceptors (Lipinski definition) is 6. The number of likely N-dealkylation sites (tertiary alicyclic amines) is 1. The Morgan fingerprint density at radius 1 is 1.10 bits per heavy atom. The monoisotopic (exact) mass is 440 g/mol. The molecule has 5 rings (SSSR count). The predicted molar refractivity (Wildman–Crippen MR) is 124 cm³/mol. The molecule has 0 N–H and O–H groups in total. The van der Waals surface area contributed by atoms with Crippen LogP contribution in [0.2, 0.25) is 0 Å². The van der Waals surface area contributed by atoms with E-state index in [-0.39, 0.29) is 5.82 Å². The van der Waals surface area contributed by atoms with E-state index < -0.39 is 0 Å². The second kappa shape index (κ2) is 9.59.